The van der Waals surface area contributed by atoms with E-state index >= 15 is 0 Å². The van der Waals surface area contributed by atoms with Gasteiger partial charge in [-0.3, -0.25) is 14.6 Å². The van der Waals surface area contributed by atoms with Gasteiger partial charge in [-0.05, 0) is 59.7 Å². The fraction of sp³-hybridized carbons (Fsp3) is 0.0286. The van der Waals surface area contributed by atoms with Crippen LogP contribution in [0.2, 0.25) is 0 Å². The number of alkyl halides is 3. The number of amides is 2. The molecule has 6 aromatic rings. The van der Waals surface area contributed by atoms with Crippen molar-refractivity contribution in [2.24, 2.45) is 0 Å². The Kier molecular flexibility index (Phi) is 12.2. The van der Waals surface area contributed by atoms with Crippen molar-refractivity contribution in [3.63, 3.8) is 0 Å². The van der Waals surface area contributed by atoms with Crippen LogP contribution in [0.4, 0.5) is 27.6 Å². The molecule has 2 aromatic carbocycles. The molecule has 0 radical (unpaired) electrons. The van der Waals surface area contributed by atoms with Crippen molar-refractivity contribution in [2.45, 2.75) is 6.18 Å². The molecule has 0 fully saturated rings. The number of pyridine rings is 2. The van der Waals surface area contributed by atoms with Crippen LogP contribution in [-0.2, 0) is 6.18 Å². The summed E-state index contributed by atoms with van der Waals surface area (Å²) in [6.07, 6.45) is -3.82. The van der Waals surface area contributed by atoms with E-state index in [1.54, 1.807) is 59.3 Å². The molecule has 4 N–H and O–H groups in total. The maximum absolute atomic E-state index is 13.1. The summed E-state index contributed by atoms with van der Waals surface area (Å²) in [6.45, 7) is 0. The Labute approximate surface area is 321 Å². The van der Waals surface area contributed by atoms with E-state index in [2.05, 4.69) is 52.5 Å². The van der Waals surface area contributed by atoms with Crippen molar-refractivity contribution < 1.29 is 47.0 Å². The molecule has 2 amide bonds. The molecular formula is C35H20Br2F4N4O6S2. The van der Waals surface area contributed by atoms with E-state index in [0.29, 0.717) is 28.3 Å². The van der Waals surface area contributed by atoms with Crippen LogP contribution in [0, 0.1) is 5.95 Å². The Morgan fingerprint density at radius 1 is 0.679 bits per heavy atom. The monoisotopic (exact) mass is 890 g/mol. The fourth-order valence-corrected chi connectivity index (χ4v) is 7.02. The second-order valence-electron chi connectivity index (χ2n) is 10.5. The zero-order valence-corrected chi connectivity index (χ0v) is 31.0. The van der Waals surface area contributed by atoms with Crippen LogP contribution in [0.5, 0.6) is 0 Å². The molecule has 0 aliphatic rings. The molecule has 0 aliphatic heterocycles. The summed E-state index contributed by atoms with van der Waals surface area (Å²) < 4.78 is 52.5. The van der Waals surface area contributed by atoms with Gasteiger partial charge in [0.2, 0.25) is 5.95 Å². The lowest BCUT2D eigenvalue weighted by molar-refractivity contribution is -0.141. The Morgan fingerprint density at radius 3 is 1.58 bits per heavy atom. The number of benzene rings is 2. The minimum Gasteiger partial charge on any atom is -0.478 e. The second kappa shape index (κ2) is 16.6. The molecule has 0 spiro atoms. The van der Waals surface area contributed by atoms with Crippen molar-refractivity contribution in [2.75, 3.05) is 10.6 Å². The smallest absolute Gasteiger partial charge is 0.433 e. The molecule has 0 atom stereocenters. The molecule has 18 heteroatoms. The van der Waals surface area contributed by atoms with Crippen LogP contribution in [-0.4, -0.2) is 43.9 Å². The fourth-order valence-electron chi connectivity index (χ4n) is 4.58. The summed E-state index contributed by atoms with van der Waals surface area (Å²) in [5, 5.41) is 27.5. The number of rotatable bonds is 8. The average Bonchev–Trinajstić information content (AvgIpc) is 3.73. The third-order valence-corrected chi connectivity index (χ3v) is 9.89. The van der Waals surface area contributed by atoms with Crippen molar-refractivity contribution >= 4 is 88.3 Å². The van der Waals surface area contributed by atoms with E-state index in [-0.39, 0.29) is 32.4 Å². The number of aromatic carboxylic acids is 2. The van der Waals surface area contributed by atoms with Crippen LogP contribution in [0.15, 0.2) is 105 Å². The molecule has 0 bridgehead atoms. The summed E-state index contributed by atoms with van der Waals surface area (Å²) in [4.78, 5) is 54.6. The van der Waals surface area contributed by atoms with Gasteiger partial charge in [-0.1, -0.05) is 62.2 Å². The number of hydrogen-bond donors (Lipinski definition) is 4. The number of anilines is 2. The number of carbonyl (C=O) groups is 4. The number of thiophene rings is 2. The number of nitrogens with one attached hydrogen (secondary N) is 2. The van der Waals surface area contributed by atoms with E-state index in [4.69, 9.17) is 0 Å². The van der Waals surface area contributed by atoms with Crippen LogP contribution in [0.25, 0.3) is 22.3 Å². The van der Waals surface area contributed by atoms with Gasteiger partial charge in [0.05, 0.1) is 5.56 Å². The Morgan fingerprint density at radius 2 is 1.17 bits per heavy atom. The number of aromatic nitrogens is 2. The van der Waals surface area contributed by atoms with Gasteiger partial charge in [0, 0.05) is 37.0 Å². The lowest BCUT2D eigenvalue weighted by Crippen LogP contribution is -2.15. The topological polar surface area (TPSA) is 159 Å². The molecule has 53 heavy (non-hydrogen) atoms. The predicted octanol–water partition coefficient (Wildman–Crippen LogP) is 10.2. The molecule has 4 aromatic heterocycles. The highest BCUT2D eigenvalue weighted by atomic mass is 79.9. The first kappa shape index (κ1) is 38.9. The van der Waals surface area contributed by atoms with E-state index in [1.807, 2.05) is 0 Å². The van der Waals surface area contributed by atoms with Gasteiger partial charge in [0.1, 0.15) is 32.5 Å². The maximum Gasteiger partial charge on any atom is 0.433 e. The quantitative estimate of drug-likeness (QED) is 0.0869. The molecule has 4 heterocycles. The van der Waals surface area contributed by atoms with Crippen molar-refractivity contribution in [1.82, 2.24) is 9.97 Å². The van der Waals surface area contributed by atoms with E-state index in [1.165, 1.54) is 12.1 Å². The number of carbonyl (C=O) groups excluding carboxylic acids is 2. The first-order valence-electron chi connectivity index (χ1n) is 14.6. The molecule has 0 saturated carbocycles. The van der Waals surface area contributed by atoms with Crippen LogP contribution in [0.1, 0.15) is 47.3 Å². The van der Waals surface area contributed by atoms with Crippen molar-refractivity contribution in [1.29, 1.82) is 0 Å². The zero-order valence-electron chi connectivity index (χ0n) is 26.2. The SMILES string of the molecule is O=C(Nc1scc(-c2ccc(Br)cc2)c1C(=O)O)c1ccc(C(F)(F)F)nc1.O=C(Nc1scc(-c2ccc(Br)cc2)c1C(=O)O)c1cccc(F)n1. The number of halogens is 6. The minimum atomic E-state index is -4.61. The molecular weight excluding hydrogens is 872 g/mol. The van der Waals surface area contributed by atoms with Crippen LogP contribution >= 0.6 is 54.5 Å². The van der Waals surface area contributed by atoms with E-state index in [0.717, 1.165) is 49.9 Å². The van der Waals surface area contributed by atoms with E-state index in [9.17, 15) is 47.0 Å². The molecule has 0 aliphatic carbocycles. The zero-order chi connectivity index (χ0) is 38.4. The Balaban J connectivity index is 0.000000206. The van der Waals surface area contributed by atoms with Crippen LogP contribution < -0.4 is 10.6 Å². The molecule has 270 valence electrons. The minimum absolute atomic E-state index is 0.0166. The predicted molar refractivity (Wildman–Crippen MR) is 198 cm³/mol. The van der Waals surface area contributed by atoms with Gasteiger partial charge in [0.25, 0.3) is 11.8 Å². The largest absolute Gasteiger partial charge is 0.478 e. The molecule has 0 unspecified atom stereocenters. The lowest BCUT2D eigenvalue weighted by Gasteiger charge is -2.08. The van der Waals surface area contributed by atoms with Gasteiger partial charge in [-0.25, -0.2) is 14.6 Å². The first-order valence-corrected chi connectivity index (χ1v) is 18.0. The average molecular weight is 893 g/mol. The van der Waals surface area contributed by atoms with Gasteiger partial charge in [-0.15, -0.1) is 22.7 Å². The summed E-state index contributed by atoms with van der Waals surface area (Å²) in [5.74, 6) is -4.62. The normalized spacial score (nSPS) is 10.9. The Hall–Kier alpha value is -5.30. The number of carboxylic acid groups (broad SMARTS) is 2. The molecule has 0 saturated heterocycles. The number of carboxylic acids is 2. The third kappa shape index (κ3) is 9.58. The van der Waals surface area contributed by atoms with E-state index < -0.39 is 41.6 Å². The van der Waals surface area contributed by atoms with Gasteiger partial charge >= 0.3 is 18.1 Å². The van der Waals surface area contributed by atoms with Gasteiger partial charge in [0.15, 0.2) is 0 Å². The summed E-state index contributed by atoms with van der Waals surface area (Å²) in [7, 11) is 0. The molecule has 6 rings (SSSR count). The first-order chi connectivity index (χ1) is 25.1. The third-order valence-electron chi connectivity index (χ3n) is 7.04. The number of nitrogens with zero attached hydrogens (tertiary/aromatic N) is 2. The van der Waals surface area contributed by atoms with Crippen molar-refractivity contribution in [3.05, 3.63) is 139 Å². The summed E-state index contributed by atoms with van der Waals surface area (Å²) in [6, 6.07) is 19.6. The maximum atomic E-state index is 13.1. The van der Waals surface area contributed by atoms with Crippen molar-refractivity contribution in [3.8, 4) is 22.3 Å². The lowest BCUT2D eigenvalue weighted by atomic mass is 10.0. The Bertz CT molecular complexity index is 2320. The standard InChI is InChI=1S/C18H10BrF3N2O3S.C17H10BrFN2O3S/c19-11-4-1-9(2-5-11)12-8-28-16(14(12)17(26)27)24-15(25)10-3-6-13(23-7-10)18(20,21)22;18-10-6-4-9(5-7-10)11-8-25-16(14(11)17(23)24)21-15(22)12-2-1-3-13(19)20-12/h1-8H,(H,24,25)(H,26,27);1-8H,(H,21,22)(H,23,24). The highest BCUT2D eigenvalue weighted by Crippen LogP contribution is 2.38. The second-order valence-corrected chi connectivity index (χ2v) is 14.1. The van der Waals surface area contributed by atoms with Gasteiger partial charge < -0.3 is 20.8 Å². The highest BCUT2D eigenvalue weighted by molar-refractivity contribution is 9.10. The highest BCUT2D eigenvalue weighted by Gasteiger charge is 2.32. The summed E-state index contributed by atoms with van der Waals surface area (Å²) in [5.41, 5.74) is 0.785. The molecule has 10 nitrogen and oxygen atoms in total. The summed E-state index contributed by atoms with van der Waals surface area (Å²) >= 11 is 8.72. The van der Waals surface area contributed by atoms with Gasteiger partial charge in [-0.2, -0.15) is 17.6 Å². The number of hydrogen-bond acceptors (Lipinski definition) is 8. The van der Waals surface area contributed by atoms with Crippen LogP contribution in [0.3, 0.4) is 0 Å².